The Bertz CT molecular complexity index is 862. The lowest BCUT2D eigenvalue weighted by molar-refractivity contribution is -0.116. The normalized spacial score (nSPS) is 17.7. The number of hydrogen-bond donors (Lipinski definition) is 1. The first kappa shape index (κ1) is 16.3. The molecule has 0 aromatic heterocycles. The number of carbonyl (C=O) groups is 1. The summed E-state index contributed by atoms with van der Waals surface area (Å²) in [5, 5.41) is 2.76. The van der Waals surface area contributed by atoms with Crippen molar-refractivity contribution in [2.75, 3.05) is 16.7 Å². The highest BCUT2D eigenvalue weighted by Crippen LogP contribution is 2.35. The van der Waals surface area contributed by atoms with Crippen molar-refractivity contribution in [2.24, 2.45) is 0 Å². The Labute approximate surface area is 141 Å². The number of nitrogens with zero attached hydrogens (tertiary/aromatic N) is 1. The first-order valence-electron chi connectivity index (χ1n) is 7.51. The SMILES string of the molecule is COc1ccc(S(=O)(=O)N2c3ccccc3NC(=O)C[C@H]2C)cc1. The van der Waals surface area contributed by atoms with Gasteiger partial charge in [-0.15, -0.1) is 0 Å². The van der Waals surface area contributed by atoms with Gasteiger partial charge < -0.3 is 10.1 Å². The number of amides is 1. The lowest BCUT2D eigenvalue weighted by atomic mass is 10.2. The third-order valence-electron chi connectivity index (χ3n) is 3.91. The zero-order chi connectivity index (χ0) is 17.3. The summed E-state index contributed by atoms with van der Waals surface area (Å²) in [7, 11) is -2.29. The summed E-state index contributed by atoms with van der Waals surface area (Å²) in [6.07, 6.45) is 0.0874. The molecular weight excluding hydrogens is 328 g/mol. The summed E-state index contributed by atoms with van der Waals surface area (Å²) >= 11 is 0. The number of para-hydroxylation sites is 2. The molecule has 7 heteroatoms. The van der Waals surface area contributed by atoms with Crippen LogP contribution in [0, 0.1) is 0 Å². The van der Waals surface area contributed by atoms with Gasteiger partial charge in [-0.3, -0.25) is 9.10 Å². The van der Waals surface area contributed by atoms with Crippen LogP contribution in [-0.2, 0) is 14.8 Å². The average Bonchev–Trinajstić information content (AvgIpc) is 2.69. The lowest BCUT2D eigenvalue weighted by Crippen LogP contribution is -2.39. The van der Waals surface area contributed by atoms with Crippen LogP contribution in [-0.4, -0.2) is 27.5 Å². The van der Waals surface area contributed by atoms with Crippen LogP contribution in [0.5, 0.6) is 5.75 Å². The number of rotatable bonds is 3. The minimum absolute atomic E-state index is 0.0874. The molecule has 0 radical (unpaired) electrons. The molecule has 0 spiro atoms. The molecule has 2 aromatic rings. The Morgan fingerprint density at radius 3 is 2.46 bits per heavy atom. The Morgan fingerprint density at radius 1 is 1.12 bits per heavy atom. The standard InChI is InChI=1S/C17H18N2O4S/c1-12-11-17(20)18-15-5-3-4-6-16(15)19(12)24(21,22)14-9-7-13(23-2)8-10-14/h3-10,12H,11H2,1-2H3,(H,18,20)/t12-/m1/s1. The van der Waals surface area contributed by atoms with Crippen LogP contribution in [0.15, 0.2) is 53.4 Å². The molecule has 1 amide bonds. The summed E-state index contributed by atoms with van der Waals surface area (Å²) < 4.78 is 32.7. The number of benzene rings is 2. The van der Waals surface area contributed by atoms with Crippen LogP contribution >= 0.6 is 0 Å². The van der Waals surface area contributed by atoms with E-state index in [9.17, 15) is 13.2 Å². The average molecular weight is 346 g/mol. The maximum atomic E-state index is 13.2. The zero-order valence-corrected chi connectivity index (χ0v) is 14.2. The maximum Gasteiger partial charge on any atom is 0.264 e. The molecule has 0 bridgehead atoms. The van der Waals surface area contributed by atoms with E-state index in [-0.39, 0.29) is 17.2 Å². The lowest BCUT2D eigenvalue weighted by Gasteiger charge is -2.29. The summed E-state index contributed by atoms with van der Waals surface area (Å²) in [5.74, 6) is 0.373. The van der Waals surface area contributed by atoms with E-state index in [1.54, 1.807) is 43.3 Å². The van der Waals surface area contributed by atoms with Crippen molar-refractivity contribution in [1.82, 2.24) is 0 Å². The van der Waals surface area contributed by atoms with Crippen molar-refractivity contribution < 1.29 is 17.9 Å². The molecule has 0 aliphatic carbocycles. The van der Waals surface area contributed by atoms with E-state index >= 15 is 0 Å². The van der Waals surface area contributed by atoms with E-state index in [0.717, 1.165) is 0 Å². The second-order valence-corrected chi connectivity index (χ2v) is 7.41. The number of sulfonamides is 1. The molecule has 6 nitrogen and oxygen atoms in total. The topological polar surface area (TPSA) is 75.7 Å². The van der Waals surface area contributed by atoms with Crippen molar-refractivity contribution in [2.45, 2.75) is 24.3 Å². The molecule has 2 aromatic carbocycles. The summed E-state index contributed by atoms with van der Waals surface area (Å²) in [6.45, 7) is 1.72. The van der Waals surface area contributed by atoms with Gasteiger partial charge in [0.15, 0.2) is 0 Å². The Kier molecular flexibility index (Phi) is 4.19. The highest BCUT2D eigenvalue weighted by Gasteiger charge is 2.34. The van der Waals surface area contributed by atoms with Gasteiger partial charge in [0.1, 0.15) is 5.75 Å². The molecule has 24 heavy (non-hydrogen) atoms. The fraction of sp³-hybridized carbons (Fsp3) is 0.235. The van der Waals surface area contributed by atoms with Crippen molar-refractivity contribution in [3.63, 3.8) is 0 Å². The minimum Gasteiger partial charge on any atom is -0.497 e. The van der Waals surface area contributed by atoms with Gasteiger partial charge in [-0.1, -0.05) is 12.1 Å². The summed E-state index contributed by atoms with van der Waals surface area (Å²) in [6, 6.07) is 12.6. The van der Waals surface area contributed by atoms with Crippen molar-refractivity contribution in [1.29, 1.82) is 0 Å². The van der Waals surface area contributed by atoms with Crippen LogP contribution < -0.4 is 14.4 Å². The van der Waals surface area contributed by atoms with Gasteiger partial charge in [0.05, 0.1) is 29.4 Å². The third kappa shape index (κ3) is 2.82. The number of fused-ring (bicyclic) bond motifs is 1. The minimum atomic E-state index is -3.81. The fourth-order valence-electron chi connectivity index (χ4n) is 2.79. The number of hydrogen-bond acceptors (Lipinski definition) is 4. The molecule has 1 aliphatic heterocycles. The van der Waals surface area contributed by atoms with Crippen LogP contribution in [0.25, 0.3) is 0 Å². The first-order chi connectivity index (χ1) is 11.4. The van der Waals surface area contributed by atoms with Crippen molar-refractivity contribution >= 4 is 27.3 Å². The predicted octanol–water partition coefficient (Wildman–Crippen LogP) is 2.62. The Hall–Kier alpha value is -2.54. The van der Waals surface area contributed by atoms with E-state index < -0.39 is 16.1 Å². The van der Waals surface area contributed by atoms with E-state index in [1.165, 1.54) is 23.5 Å². The van der Waals surface area contributed by atoms with E-state index in [1.807, 2.05) is 0 Å². The van der Waals surface area contributed by atoms with Gasteiger partial charge in [-0.05, 0) is 43.3 Å². The summed E-state index contributed by atoms with van der Waals surface area (Å²) in [5.41, 5.74) is 0.954. The molecule has 0 saturated carbocycles. The molecule has 1 heterocycles. The number of carbonyl (C=O) groups excluding carboxylic acids is 1. The van der Waals surface area contributed by atoms with Crippen LogP contribution in [0.4, 0.5) is 11.4 Å². The smallest absolute Gasteiger partial charge is 0.264 e. The highest BCUT2D eigenvalue weighted by molar-refractivity contribution is 7.92. The monoisotopic (exact) mass is 346 g/mol. The molecule has 1 N–H and O–H groups in total. The zero-order valence-electron chi connectivity index (χ0n) is 13.4. The molecular formula is C17H18N2O4S. The van der Waals surface area contributed by atoms with Gasteiger partial charge in [0, 0.05) is 6.42 Å². The molecule has 0 unspecified atom stereocenters. The largest absolute Gasteiger partial charge is 0.497 e. The third-order valence-corrected chi connectivity index (χ3v) is 5.86. The van der Waals surface area contributed by atoms with Crippen LogP contribution in [0.1, 0.15) is 13.3 Å². The van der Waals surface area contributed by atoms with E-state index in [2.05, 4.69) is 5.32 Å². The Balaban J connectivity index is 2.12. The molecule has 1 aliphatic rings. The molecule has 3 rings (SSSR count). The van der Waals surface area contributed by atoms with Gasteiger partial charge in [0.25, 0.3) is 10.0 Å². The van der Waals surface area contributed by atoms with E-state index in [0.29, 0.717) is 17.1 Å². The van der Waals surface area contributed by atoms with E-state index in [4.69, 9.17) is 4.74 Å². The van der Waals surface area contributed by atoms with Crippen molar-refractivity contribution in [3.8, 4) is 5.75 Å². The molecule has 0 fully saturated rings. The molecule has 1 atom stereocenters. The molecule has 0 saturated heterocycles. The number of anilines is 2. The summed E-state index contributed by atoms with van der Waals surface area (Å²) in [4.78, 5) is 12.2. The fourth-order valence-corrected chi connectivity index (χ4v) is 4.46. The van der Waals surface area contributed by atoms with Crippen LogP contribution in [0.2, 0.25) is 0 Å². The first-order valence-corrected chi connectivity index (χ1v) is 8.95. The number of methoxy groups -OCH3 is 1. The quantitative estimate of drug-likeness (QED) is 0.927. The van der Waals surface area contributed by atoms with Gasteiger partial charge in [-0.2, -0.15) is 0 Å². The second kappa shape index (κ2) is 6.16. The molecule has 126 valence electrons. The predicted molar refractivity (Wildman–Crippen MR) is 91.8 cm³/mol. The second-order valence-electron chi connectivity index (χ2n) is 5.59. The van der Waals surface area contributed by atoms with Gasteiger partial charge in [-0.25, -0.2) is 8.42 Å². The van der Waals surface area contributed by atoms with Crippen molar-refractivity contribution in [3.05, 3.63) is 48.5 Å². The van der Waals surface area contributed by atoms with Gasteiger partial charge in [0.2, 0.25) is 5.91 Å². The maximum absolute atomic E-state index is 13.2. The Morgan fingerprint density at radius 2 is 1.79 bits per heavy atom. The number of nitrogens with one attached hydrogen (secondary N) is 1. The van der Waals surface area contributed by atoms with Crippen LogP contribution in [0.3, 0.4) is 0 Å². The number of ether oxygens (including phenoxy) is 1. The highest BCUT2D eigenvalue weighted by atomic mass is 32.2. The van der Waals surface area contributed by atoms with Gasteiger partial charge >= 0.3 is 0 Å².